The Labute approximate surface area is 220 Å². The maximum atomic E-state index is 5.95. The van der Waals surface area contributed by atoms with E-state index in [9.17, 15) is 0 Å². The van der Waals surface area contributed by atoms with Crippen LogP contribution >= 0.6 is 0 Å². The zero-order valence-corrected chi connectivity index (χ0v) is 21.2. The van der Waals surface area contributed by atoms with Gasteiger partial charge in [-0.15, -0.1) is 10.2 Å². The summed E-state index contributed by atoms with van der Waals surface area (Å²) in [5.41, 5.74) is 10.3. The SMILES string of the molecule is Cc1cc(-n2c3ccccc3c3ccccc32)c(C)cc1-c1ccc(-c2nnc(-c3ccccc3)o2)cc1. The minimum Gasteiger partial charge on any atom is -0.416 e. The number of aromatic nitrogens is 3. The summed E-state index contributed by atoms with van der Waals surface area (Å²) in [6.45, 7) is 4.38. The predicted molar refractivity (Wildman–Crippen MR) is 154 cm³/mol. The van der Waals surface area contributed by atoms with Crippen molar-refractivity contribution in [3.05, 3.63) is 126 Å². The fourth-order valence-corrected chi connectivity index (χ4v) is 5.36. The van der Waals surface area contributed by atoms with Crippen LogP contribution in [0.3, 0.4) is 0 Å². The van der Waals surface area contributed by atoms with Crippen molar-refractivity contribution in [1.82, 2.24) is 14.8 Å². The highest BCUT2D eigenvalue weighted by atomic mass is 16.4. The normalized spacial score (nSPS) is 11.4. The van der Waals surface area contributed by atoms with E-state index in [4.69, 9.17) is 4.42 Å². The van der Waals surface area contributed by atoms with Crippen LogP contribution < -0.4 is 0 Å². The Morgan fingerprint density at radius 3 is 1.68 bits per heavy atom. The minimum absolute atomic E-state index is 0.519. The van der Waals surface area contributed by atoms with Crippen molar-refractivity contribution < 1.29 is 4.42 Å². The van der Waals surface area contributed by atoms with Crippen LogP contribution in [0.4, 0.5) is 0 Å². The van der Waals surface area contributed by atoms with Gasteiger partial charge in [0.05, 0.1) is 11.0 Å². The third-order valence-electron chi connectivity index (χ3n) is 7.25. The lowest BCUT2D eigenvalue weighted by Gasteiger charge is -2.16. The molecule has 0 spiro atoms. The van der Waals surface area contributed by atoms with Crippen LogP contribution in [0.25, 0.3) is 61.5 Å². The molecule has 4 nitrogen and oxygen atoms in total. The quantitative estimate of drug-likeness (QED) is 0.247. The van der Waals surface area contributed by atoms with Crippen LogP contribution in [0.5, 0.6) is 0 Å². The molecule has 0 radical (unpaired) electrons. The highest BCUT2D eigenvalue weighted by molar-refractivity contribution is 6.09. The van der Waals surface area contributed by atoms with Crippen molar-refractivity contribution in [3.8, 4) is 39.7 Å². The van der Waals surface area contributed by atoms with Crippen LogP contribution in [0.15, 0.2) is 120 Å². The highest BCUT2D eigenvalue weighted by Gasteiger charge is 2.16. The number of hydrogen-bond donors (Lipinski definition) is 0. The first-order chi connectivity index (χ1) is 18.7. The Morgan fingerprint density at radius 1 is 0.526 bits per heavy atom. The van der Waals surface area contributed by atoms with Crippen molar-refractivity contribution in [2.45, 2.75) is 13.8 Å². The average molecular weight is 492 g/mol. The number of benzene rings is 5. The Morgan fingerprint density at radius 2 is 1.05 bits per heavy atom. The van der Waals surface area contributed by atoms with Gasteiger partial charge in [0.15, 0.2) is 0 Å². The van der Waals surface area contributed by atoms with E-state index in [1.807, 2.05) is 42.5 Å². The van der Waals surface area contributed by atoms with Gasteiger partial charge in [-0.25, -0.2) is 0 Å². The second-order valence-corrected chi connectivity index (χ2v) is 9.68. The zero-order valence-electron chi connectivity index (χ0n) is 21.2. The van der Waals surface area contributed by atoms with E-state index in [2.05, 4.69) is 101 Å². The first-order valence-electron chi connectivity index (χ1n) is 12.8. The molecule has 0 aliphatic rings. The van der Waals surface area contributed by atoms with Crippen LogP contribution in [-0.2, 0) is 0 Å². The van der Waals surface area contributed by atoms with Gasteiger partial charge in [0.1, 0.15) is 0 Å². The smallest absolute Gasteiger partial charge is 0.248 e. The van der Waals surface area contributed by atoms with Gasteiger partial charge in [0.2, 0.25) is 11.8 Å². The minimum atomic E-state index is 0.519. The van der Waals surface area contributed by atoms with E-state index in [0.29, 0.717) is 11.8 Å². The maximum Gasteiger partial charge on any atom is 0.248 e. The maximum absolute atomic E-state index is 5.95. The molecule has 0 bridgehead atoms. The average Bonchev–Trinajstić information content (AvgIpc) is 3.59. The van der Waals surface area contributed by atoms with E-state index in [1.165, 1.54) is 44.2 Å². The van der Waals surface area contributed by atoms with E-state index in [-0.39, 0.29) is 0 Å². The predicted octanol–water partition coefficient (Wildman–Crippen LogP) is 8.78. The summed E-state index contributed by atoms with van der Waals surface area (Å²) in [5.74, 6) is 1.04. The summed E-state index contributed by atoms with van der Waals surface area (Å²) >= 11 is 0. The highest BCUT2D eigenvalue weighted by Crippen LogP contribution is 2.36. The molecule has 7 aromatic rings. The third-order valence-corrected chi connectivity index (χ3v) is 7.25. The van der Waals surface area contributed by atoms with Gasteiger partial charge >= 0.3 is 0 Å². The molecule has 4 heteroatoms. The fourth-order valence-electron chi connectivity index (χ4n) is 5.36. The molecule has 0 saturated heterocycles. The Bertz CT molecular complexity index is 1880. The number of fused-ring (bicyclic) bond motifs is 3. The Balaban J connectivity index is 1.26. The topological polar surface area (TPSA) is 43.9 Å². The van der Waals surface area contributed by atoms with Gasteiger partial charge in [-0.05, 0) is 84.6 Å². The molecule has 0 N–H and O–H groups in total. The molecule has 0 saturated carbocycles. The van der Waals surface area contributed by atoms with Crippen LogP contribution in [0.2, 0.25) is 0 Å². The molecule has 0 fully saturated rings. The molecule has 38 heavy (non-hydrogen) atoms. The lowest BCUT2D eigenvalue weighted by molar-refractivity contribution is 0.584. The molecule has 0 unspecified atom stereocenters. The lowest BCUT2D eigenvalue weighted by Crippen LogP contribution is -1.99. The standard InChI is InChI=1S/C34H25N3O/c1-22-21-32(37-30-14-8-6-12-27(30)28-13-7-9-15-31(28)37)23(2)20-29(22)24-16-18-26(19-17-24)34-36-35-33(38-34)25-10-4-3-5-11-25/h3-21H,1-2H3. The number of nitrogens with zero attached hydrogens (tertiary/aromatic N) is 3. The van der Waals surface area contributed by atoms with E-state index < -0.39 is 0 Å². The molecular weight excluding hydrogens is 466 g/mol. The van der Waals surface area contributed by atoms with Crippen molar-refractivity contribution in [1.29, 1.82) is 0 Å². The summed E-state index contributed by atoms with van der Waals surface area (Å²) in [6.07, 6.45) is 0. The van der Waals surface area contributed by atoms with Crippen molar-refractivity contribution in [2.75, 3.05) is 0 Å². The molecule has 182 valence electrons. The van der Waals surface area contributed by atoms with Crippen LogP contribution in [0, 0.1) is 13.8 Å². The second-order valence-electron chi connectivity index (χ2n) is 9.68. The summed E-state index contributed by atoms with van der Waals surface area (Å²) < 4.78 is 8.34. The van der Waals surface area contributed by atoms with Crippen LogP contribution in [0.1, 0.15) is 11.1 Å². The molecule has 2 aromatic heterocycles. The zero-order chi connectivity index (χ0) is 25.6. The molecule has 0 aliphatic heterocycles. The first kappa shape index (κ1) is 22.3. The summed E-state index contributed by atoms with van der Waals surface area (Å²) in [4.78, 5) is 0. The van der Waals surface area contributed by atoms with Gasteiger partial charge in [-0.2, -0.15) is 0 Å². The number of hydrogen-bond acceptors (Lipinski definition) is 3. The fraction of sp³-hybridized carbons (Fsp3) is 0.0588. The molecule has 0 atom stereocenters. The molecule has 5 aromatic carbocycles. The number of rotatable bonds is 4. The van der Waals surface area contributed by atoms with Crippen molar-refractivity contribution >= 4 is 21.8 Å². The van der Waals surface area contributed by atoms with E-state index >= 15 is 0 Å². The van der Waals surface area contributed by atoms with Gasteiger partial charge in [0.25, 0.3) is 0 Å². The van der Waals surface area contributed by atoms with Gasteiger partial charge < -0.3 is 8.98 Å². The van der Waals surface area contributed by atoms with Gasteiger partial charge in [-0.3, -0.25) is 0 Å². The number of aryl methyl sites for hydroxylation is 2. The third kappa shape index (κ3) is 3.61. The van der Waals surface area contributed by atoms with Gasteiger partial charge in [0, 0.05) is 27.6 Å². The van der Waals surface area contributed by atoms with Crippen LogP contribution in [-0.4, -0.2) is 14.8 Å². The Hall–Kier alpha value is -4.96. The second kappa shape index (κ2) is 8.86. The molecule has 7 rings (SSSR count). The molecule has 2 heterocycles. The summed E-state index contributed by atoms with van der Waals surface area (Å²) in [7, 11) is 0. The lowest BCUT2D eigenvalue weighted by atomic mass is 9.96. The summed E-state index contributed by atoms with van der Waals surface area (Å²) in [6, 6.07) is 40.1. The largest absolute Gasteiger partial charge is 0.416 e. The molecule has 0 aliphatic carbocycles. The Kier molecular flexibility index (Phi) is 5.19. The van der Waals surface area contributed by atoms with Crippen molar-refractivity contribution in [2.24, 2.45) is 0 Å². The van der Waals surface area contributed by atoms with E-state index in [1.54, 1.807) is 0 Å². The molecular formula is C34H25N3O. The van der Waals surface area contributed by atoms with E-state index in [0.717, 1.165) is 16.7 Å². The van der Waals surface area contributed by atoms with Crippen molar-refractivity contribution in [3.63, 3.8) is 0 Å². The monoisotopic (exact) mass is 491 g/mol. The summed E-state index contributed by atoms with van der Waals surface area (Å²) in [5, 5.41) is 11.0. The first-order valence-corrected chi connectivity index (χ1v) is 12.8. The number of para-hydroxylation sites is 2. The molecule has 0 amide bonds. The van der Waals surface area contributed by atoms with Gasteiger partial charge in [-0.1, -0.05) is 66.7 Å².